The lowest BCUT2D eigenvalue weighted by Gasteiger charge is -2.23. The van der Waals surface area contributed by atoms with Gasteiger partial charge in [-0.2, -0.15) is 0 Å². The van der Waals surface area contributed by atoms with Crippen molar-refractivity contribution < 1.29 is 9.18 Å². The van der Waals surface area contributed by atoms with Crippen molar-refractivity contribution in [3.05, 3.63) is 35.6 Å². The Labute approximate surface area is 161 Å². The summed E-state index contributed by atoms with van der Waals surface area (Å²) in [6, 6.07) is 6.45. The summed E-state index contributed by atoms with van der Waals surface area (Å²) in [6.07, 6.45) is 0. The van der Waals surface area contributed by atoms with Crippen LogP contribution >= 0.6 is 24.0 Å². The zero-order chi connectivity index (χ0) is 17.5. The maximum Gasteiger partial charge on any atom is 0.242 e. The number of nitrogens with zero attached hydrogens (tertiary/aromatic N) is 2. The van der Waals surface area contributed by atoms with Crippen LogP contribution in [0.4, 0.5) is 4.39 Å². The fourth-order valence-electron chi connectivity index (χ4n) is 2.06. The molecule has 0 aliphatic rings. The van der Waals surface area contributed by atoms with E-state index in [4.69, 9.17) is 0 Å². The number of carbonyl (C=O) groups is 1. The molecule has 136 valence electrons. The summed E-state index contributed by atoms with van der Waals surface area (Å²) in [6.45, 7) is 8.98. The molecule has 0 saturated heterocycles. The minimum atomic E-state index is -0.279. The molecular formula is C17H28FIN4O. The molecule has 0 aliphatic heterocycles. The van der Waals surface area contributed by atoms with Crippen LogP contribution in [0.5, 0.6) is 0 Å². The van der Waals surface area contributed by atoms with Crippen molar-refractivity contribution in [2.45, 2.75) is 39.8 Å². The van der Waals surface area contributed by atoms with E-state index in [1.807, 2.05) is 45.7 Å². The molecule has 5 nitrogen and oxygen atoms in total. The Hall–Kier alpha value is -1.38. The number of benzene rings is 1. The second-order valence-corrected chi connectivity index (χ2v) is 6.45. The molecule has 1 aromatic carbocycles. The van der Waals surface area contributed by atoms with E-state index in [0.29, 0.717) is 19.0 Å². The number of hydrogen-bond donors (Lipinski definition) is 2. The fourth-order valence-corrected chi connectivity index (χ4v) is 2.06. The first-order valence-electron chi connectivity index (χ1n) is 7.76. The Kier molecular flexibility index (Phi) is 9.88. The van der Waals surface area contributed by atoms with Crippen molar-refractivity contribution in [2.75, 3.05) is 20.1 Å². The quantitative estimate of drug-likeness (QED) is 0.412. The highest BCUT2D eigenvalue weighted by Crippen LogP contribution is 2.06. The minimum absolute atomic E-state index is 0. The molecule has 1 aromatic rings. The molecule has 0 atom stereocenters. The second kappa shape index (κ2) is 10.5. The van der Waals surface area contributed by atoms with Crippen molar-refractivity contribution >= 4 is 35.8 Å². The Morgan fingerprint density at radius 3 is 2.54 bits per heavy atom. The first kappa shape index (κ1) is 22.6. The van der Waals surface area contributed by atoms with Crippen molar-refractivity contribution in [3.63, 3.8) is 0 Å². The van der Waals surface area contributed by atoms with Gasteiger partial charge in [-0.15, -0.1) is 24.0 Å². The zero-order valence-electron chi connectivity index (χ0n) is 15.0. The highest BCUT2D eigenvalue weighted by atomic mass is 127. The van der Waals surface area contributed by atoms with Gasteiger partial charge in [0.25, 0.3) is 0 Å². The molecule has 0 heterocycles. The van der Waals surface area contributed by atoms with Crippen molar-refractivity contribution in [1.82, 2.24) is 15.5 Å². The Morgan fingerprint density at radius 2 is 2.00 bits per heavy atom. The summed E-state index contributed by atoms with van der Waals surface area (Å²) in [5.74, 6) is 0.218. The SMILES string of the molecule is CCNC(=NCC(=O)NC(C)(C)C)N(C)Cc1cccc(F)c1.I. The van der Waals surface area contributed by atoms with E-state index in [2.05, 4.69) is 15.6 Å². The number of guanidine groups is 1. The van der Waals surface area contributed by atoms with Crippen LogP contribution in [0.3, 0.4) is 0 Å². The first-order valence-corrected chi connectivity index (χ1v) is 7.76. The largest absolute Gasteiger partial charge is 0.357 e. The van der Waals surface area contributed by atoms with Gasteiger partial charge in [-0.1, -0.05) is 12.1 Å². The van der Waals surface area contributed by atoms with Gasteiger partial charge in [0.1, 0.15) is 12.4 Å². The number of hydrogen-bond acceptors (Lipinski definition) is 2. The molecule has 0 unspecified atom stereocenters. The summed E-state index contributed by atoms with van der Waals surface area (Å²) in [4.78, 5) is 18.1. The molecule has 7 heteroatoms. The Balaban J connectivity index is 0.00000529. The van der Waals surface area contributed by atoms with Crippen LogP contribution in [0.25, 0.3) is 0 Å². The average molecular weight is 450 g/mol. The van der Waals surface area contributed by atoms with E-state index in [0.717, 1.165) is 5.56 Å². The number of rotatable bonds is 5. The lowest BCUT2D eigenvalue weighted by Crippen LogP contribution is -2.43. The van der Waals surface area contributed by atoms with Gasteiger partial charge in [0.2, 0.25) is 5.91 Å². The molecule has 1 rings (SSSR count). The minimum Gasteiger partial charge on any atom is -0.357 e. The van der Waals surface area contributed by atoms with Gasteiger partial charge in [-0.3, -0.25) is 4.79 Å². The van der Waals surface area contributed by atoms with Crippen LogP contribution in [0.15, 0.2) is 29.3 Å². The van der Waals surface area contributed by atoms with E-state index in [9.17, 15) is 9.18 Å². The van der Waals surface area contributed by atoms with Crippen molar-refractivity contribution in [1.29, 1.82) is 0 Å². The lowest BCUT2D eigenvalue weighted by molar-refractivity contribution is -0.121. The Morgan fingerprint density at radius 1 is 1.33 bits per heavy atom. The van der Waals surface area contributed by atoms with Crippen LogP contribution in [0.2, 0.25) is 0 Å². The molecule has 2 N–H and O–H groups in total. The van der Waals surface area contributed by atoms with Gasteiger partial charge in [-0.25, -0.2) is 9.38 Å². The summed E-state index contributed by atoms with van der Waals surface area (Å²) in [5, 5.41) is 6.01. The normalized spacial score (nSPS) is 11.5. The second-order valence-electron chi connectivity index (χ2n) is 6.45. The topological polar surface area (TPSA) is 56.7 Å². The molecule has 0 fully saturated rings. The van der Waals surface area contributed by atoms with Crippen LogP contribution < -0.4 is 10.6 Å². The maximum atomic E-state index is 13.3. The van der Waals surface area contributed by atoms with Crippen molar-refractivity contribution in [3.8, 4) is 0 Å². The van der Waals surface area contributed by atoms with E-state index in [-0.39, 0.29) is 47.8 Å². The molecule has 0 aromatic heterocycles. The standard InChI is InChI=1S/C17H27FN4O.HI/c1-6-19-16(20-11-15(23)21-17(2,3)4)22(5)12-13-8-7-9-14(18)10-13;/h7-10H,6,11-12H2,1-5H3,(H,19,20)(H,21,23);1H. The third-order valence-corrected chi connectivity index (χ3v) is 2.89. The summed E-state index contributed by atoms with van der Waals surface area (Å²) >= 11 is 0. The molecule has 0 aliphatic carbocycles. The van der Waals surface area contributed by atoms with Crippen LogP contribution in [0, 0.1) is 5.82 Å². The molecule has 24 heavy (non-hydrogen) atoms. The Bertz CT molecular complexity index is 558. The number of aliphatic imine (C=N–C) groups is 1. The monoisotopic (exact) mass is 450 g/mol. The van der Waals surface area contributed by atoms with Gasteiger partial charge < -0.3 is 15.5 Å². The summed E-state index contributed by atoms with van der Waals surface area (Å²) in [5.41, 5.74) is 0.565. The van der Waals surface area contributed by atoms with Gasteiger partial charge >= 0.3 is 0 Å². The average Bonchev–Trinajstić information content (AvgIpc) is 2.41. The van der Waals surface area contributed by atoms with Crippen molar-refractivity contribution in [2.24, 2.45) is 4.99 Å². The lowest BCUT2D eigenvalue weighted by atomic mass is 10.1. The van der Waals surface area contributed by atoms with Crippen LogP contribution in [-0.2, 0) is 11.3 Å². The number of halogens is 2. The predicted octanol–water partition coefficient (Wildman–Crippen LogP) is 2.76. The maximum absolute atomic E-state index is 13.3. The molecule has 0 spiro atoms. The zero-order valence-corrected chi connectivity index (χ0v) is 17.3. The summed E-state index contributed by atoms with van der Waals surface area (Å²) in [7, 11) is 1.86. The van der Waals surface area contributed by atoms with Gasteiger partial charge in [0.15, 0.2) is 5.96 Å². The number of nitrogens with one attached hydrogen (secondary N) is 2. The van der Waals surface area contributed by atoms with Crippen LogP contribution in [-0.4, -0.2) is 42.4 Å². The third kappa shape index (κ3) is 9.05. The number of amides is 1. The van der Waals surface area contributed by atoms with Gasteiger partial charge in [-0.05, 0) is 45.4 Å². The molecule has 0 bridgehead atoms. The van der Waals surface area contributed by atoms with Crippen LogP contribution in [0.1, 0.15) is 33.3 Å². The van der Waals surface area contributed by atoms with E-state index < -0.39 is 0 Å². The van der Waals surface area contributed by atoms with E-state index in [1.165, 1.54) is 12.1 Å². The molecular weight excluding hydrogens is 422 g/mol. The predicted molar refractivity (Wildman–Crippen MR) is 107 cm³/mol. The first-order chi connectivity index (χ1) is 10.7. The highest BCUT2D eigenvalue weighted by Gasteiger charge is 2.14. The van der Waals surface area contributed by atoms with E-state index in [1.54, 1.807) is 6.07 Å². The van der Waals surface area contributed by atoms with E-state index >= 15 is 0 Å². The third-order valence-electron chi connectivity index (χ3n) is 2.89. The van der Waals surface area contributed by atoms with Gasteiger partial charge in [0.05, 0.1) is 0 Å². The van der Waals surface area contributed by atoms with Gasteiger partial charge in [0, 0.05) is 25.7 Å². The molecule has 0 radical (unpaired) electrons. The smallest absolute Gasteiger partial charge is 0.242 e. The molecule has 1 amide bonds. The summed E-state index contributed by atoms with van der Waals surface area (Å²) < 4.78 is 13.3. The fraction of sp³-hybridized carbons (Fsp3) is 0.529. The molecule has 0 saturated carbocycles. The number of carbonyl (C=O) groups excluding carboxylic acids is 1. The highest BCUT2D eigenvalue weighted by molar-refractivity contribution is 14.0.